The summed E-state index contributed by atoms with van der Waals surface area (Å²) >= 11 is 1.84. The highest BCUT2D eigenvalue weighted by molar-refractivity contribution is 7.19. The lowest BCUT2D eigenvalue weighted by atomic mass is 9.89. The third-order valence-corrected chi connectivity index (χ3v) is 5.29. The highest BCUT2D eigenvalue weighted by Gasteiger charge is 2.22. The molecule has 4 rings (SSSR count). The van der Waals surface area contributed by atoms with Crippen molar-refractivity contribution in [3.8, 4) is 0 Å². The topological polar surface area (TPSA) is 37.8 Å². The first kappa shape index (κ1) is 12.8. The third kappa shape index (κ3) is 2.29. The molecule has 0 fully saturated rings. The number of anilines is 2. The van der Waals surface area contributed by atoms with Gasteiger partial charge in [0.25, 0.3) is 0 Å². The Labute approximate surface area is 128 Å². The van der Waals surface area contributed by atoms with Crippen LogP contribution in [-0.2, 0) is 12.8 Å². The summed E-state index contributed by atoms with van der Waals surface area (Å²) < 4.78 is 0. The summed E-state index contributed by atoms with van der Waals surface area (Å²) in [4.78, 5) is 11.6. The van der Waals surface area contributed by atoms with Gasteiger partial charge in [0.05, 0.1) is 5.39 Å². The molecule has 1 aromatic carbocycles. The maximum Gasteiger partial charge on any atom is 0.142 e. The van der Waals surface area contributed by atoms with Crippen molar-refractivity contribution in [3.05, 3.63) is 47.1 Å². The van der Waals surface area contributed by atoms with Crippen molar-refractivity contribution in [2.75, 3.05) is 5.32 Å². The Balaban J connectivity index is 1.82. The lowest BCUT2D eigenvalue weighted by Gasteiger charge is -2.18. The minimum atomic E-state index is 0.782. The van der Waals surface area contributed by atoms with Crippen LogP contribution >= 0.6 is 11.3 Å². The van der Waals surface area contributed by atoms with Gasteiger partial charge >= 0.3 is 0 Å². The number of rotatable bonds is 2. The van der Waals surface area contributed by atoms with Crippen LogP contribution < -0.4 is 5.32 Å². The monoisotopic (exact) mass is 295 g/mol. The number of hydrogen-bond donors (Lipinski definition) is 1. The van der Waals surface area contributed by atoms with E-state index in [1.165, 1.54) is 28.7 Å². The number of nitrogens with zero attached hydrogens (tertiary/aromatic N) is 2. The average Bonchev–Trinajstić information content (AvgIpc) is 2.86. The van der Waals surface area contributed by atoms with Gasteiger partial charge < -0.3 is 5.32 Å². The van der Waals surface area contributed by atoms with Crippen LogP contribution in [0.2, 0.25) is 0 Å². The van der Waals surface area contributed by atoms with Crippen LogP contribution in [0.5, 0.6) is 0 Å². The Kier molecular flexibility index (Phi) is 3.11. The Hall–Kier alpha value is -1.94. The molecule has 0 saturated carbocycles. The van der Waals surface area contributed by atoms with Crippen LogP contribution in [0.3, 0.4) is 0 Å². The fourth-order valence-corrected chi connectivity index (χ4v) is 4.38. The van der Waals surface area contributed by atoms with Gasteiger partial charge in [0.1, 0.15) is 17.0 Å². The minimum Gasteiger partial charge on any atom is -0.340 e. The molecule has 0 radical (unpaired) electrons. The molecule has 0 amide bonds. The molecule has 2 heterocycles. The van der Waals surface area contributed by atoms with Crippen LogP contribution in [0, 0.1) is 5.92 Å². The van der Waals surface area contributed by atoms with E-state index in [-0.39, 0.29) is 0 Å². The van der Waals surface area contributed by atoms with Crippen LogP contribution in [0.25, 0.3) is 10.2 Å². The van der Waals surface area contributed by atoms with Gasteiger partial charge in [0, 0.05) is 10.6 Å². The number of hydrogen-bond acceptors (Lipinski definition) is 4. The van der Waals surface area contributed by atoms with Gasteiger partial charge in [-0.25, -0.2) is 9.97 Å². The summed E-state index contributed by atoms with van der Waals surface area (Å²) in [5, 5.41) is 4.68. The molecule has 106 valence electrons. The maximum atomic E-state index is 4.49. The van der Waals surface area contributed by atoms with Crippen molar-refractivity contribution >= 4 is 33.1 Å². The standard InChI is InChI=1S/C17H17N3S/c1-11-7-8-13-14(9-11)21-17-15(13)16(18-10-19-17)20-12-5-3-2-4-6-12/h2-6,10-11H,7-9H2,1H3,(H,18,19,20)/t11-/m1/s1. The number of thiophene rings is 1. The number of para-hydroxylation sites is 1. The molecule has 1 aliphatic carbocycles. The number of benzene rings is 1. The summed E-state index contributed by atoms with van der Waals surface area (Å²) in [5.41, 5.74) is 2.54. The van der Waals surface area contributed by atoms with E-state index < -0.39 is 0 Å². The summed E-state index contributed by atoms with van der Waals surface area (Å²) in [5.74, 6) is 1.72. The van der Waals surface area contributed by atoms with Gasteiger partial charge in [0.2, 0.25) is 0 Å². The zero-order valence-electron chi connectivity index (χ0n) is 12.0. The Morgan fingerprint density at radius 2 is 2.05 bits per heavy atom. The predicted molar refractivity (Wildman–Crippen MR) is 88.3 cm³/mol. The van der Waals surface area contributed by atoms with Gasteiger partial charge in [-0.05, 0) is 42.9 Å². The Bertz CT molecular complexity index is 779. The van der Waals surface area contributed by atoms with Gasteiger partial charge in [-0.15, -0.1) is 11.3 Å². The zero-order chi connectivity index (χ0) is 14.2. The van der Waals surface area contributed by atoms with Crippen molar-refractivity contribution in [2.24, 2.45) is 5.92 Å². The normalized spacial score (nSPS) is 17.7. The maximum absolute atomic E-state index is 4.49. The number of aromatic nitrogens is 2. The first-order valence-electron chi connectivity index (χ1n) is 7.38. The summed E-state index contributed by atoms with van der Waals surface area (Å²) in [6.07, 6.45) is 5.26. The molecule has 3 aromatic rings. The van der Waals surface area contributed by atoms with Crippen molar-refractivity contribution in [1.29, 1.82) is 0 Å². The quantitative estimate of drug-likeness (QED) is 0.753. The van der Waals surface area contributed by atoms with E-state index in [1.807, 2.05) is 29.5 Å². The van der Waals surface area contributed by atoms with Crippen molar-refractivity contribution in [2.45, 2.75) is 26.2 Å². The van der Waals surface area contributed by atoms with Gasteiger partial charge in [0.15, 0.2) is 0 Å². The summed E-state index contributed by atoms with van der Waals surface area (Å²) in [7, 11) is 0. The van der Waals surface area contributed by atoms with Crippen LogP contribution in [0.4, 0.5) is 11.5 Å². The predicted octanol–water partition coefficient (Wildman–Crippen LogP) is 4.56. The molecule has 0 spiro atoms. The zero-order valence-corrected chi connectivity index (χ0v) is 12.8. The van der Waals surface area contributed by atoms with Crippen LogP contribution in [0.1, 0.15) is 23.8 Å². The van der Waals surface area contributed by atoms with Gasteiger partial charge in [-0.3, -0.25) is 0 Å². The molecular weight excluding hydrogens is 278 g/mol. The van der Waals surface area contributed by atoms with Crippen molar-refractivity contribution in [3.63, 3.8) is 0 Å². The first-order valence-corrected chi connectivity index (χ1v) is 8.20. The second-order valence-electron chi connectivity index (χ2n) is 5.75. The number of nitrogens with one attached hydrogen (secondary N) is 1. The van der Waals surface area contributed by atoms with Crippen LogP contribution in [-0.4, -0.2) is 9.97 Å². The molecule has 2 aromatic heterocycles. The van der Waals surface area contributed by atoms with E-state index >= 15 is 0 Å². The Morgan fingerprint density at radius 1 is 1.19 bits per heavy atom. The van der Waals surface area contributed by atoms with Crippen molar-refractivity contribution in [1.82, 2.24) is 9.97 Å². The van der Waals surface area contributed by atoms with E-state index in [1.54, 1.807) is 6.33 Å². The lowest BCUT2D eigenvalue weighted by molar-refractivity contribution is 0.509. The van der Waals surface area contributed by atoms with E-state index in [4.69, 9.17) is 0 Å². The first-order chi connectivity index (χ1) is 10.3. The molecule has 3 nitrogen and oxygen atoms in total. The van der Waals surface area contributed by atoms with Gasteiger partial charge in [-0.1, -0.05) is 25.1 Å². The lowest BCUT2D eigenvalue weighted by Crippen LogP contribution is -2.09. The minimum absolute atomic E-state index is 0.782. The second kappa shape index (κ2) is 5.11. The molecule has 1 atom stereocenters. The molecule has 4 heteroatoms. The molecule has 0 aliphatic heterocycles. The SMILES string of the molecule is C[C@@H]1CCc2c(sc3ncnc(Nc4ccccc4)c23)C1. The second-order valence-corrected chi connectivity index (χ2v) is 6.83. The highest BCUT2D eigenvalue weighted by Crippen LogP contribution is 2.40. The summed E-state index contributed by atoms with van der Waals surface area (Å²) in [6.45, 7) is 2.34. The highest BCUT2D eigenvalue weighted by atomic mass is 32.1. The molecule has 21 heavy (non-hydrogen) atoms. The van der Waals surface area contributed by atoms with Gasteiger partial charge in [-0.2, -0.15) is 0 Å². The molecule has 0 saturated heterocycles. The smallest absolute Gasteiger partial charge is 0.142 e. The molecule has 0 bridgehead atoms. The fourth-order valence-electron chi connectivity index (χ4n) is 3.03. The van der Waals surface area contributed by atoms with E-state index in [0.717, 1.165) is 28.7 Å². The molecule has 1 N–H and O–H groups in total. The Morgan fingerprint density at radius 3 is 2.90 bits per heavy atom. The van der Waals surface area contributed by atoms with E-state index in [0.29, 0.717) is 0 Å². The molecule has 0 unspecified atom stereocenters. The van der Waals surface area contributed by atoms with Crippen LogP contribution in [0.15, 0.2) is 36.7 Å². The van der Waals surface area contributed by atoms with E-state index in [2.05, 4.69) is 34.3 Å². The fraction of sp³-hybridized carbons (Fsp3) is 0.294. The van der Waals surface area contributed by atoms with E-state index in [9.17, 15) is 0 Å². The molecule has 1 aliphatic rings. The largest absolute Gasteiger partial charge is 0.340 e. The summed E-state index contributed by atoms with van der Waals surface area (Å²) in [6, 6.07) is 10.2. The molecular formula is C17H17N3S. The third-order valence-electron chi connectivity index (χ3n) is 4.13. The number of fused-ring (bicyclic) bond motifs is 3. The average molecular weight is 295 g/mol. The number of aryl methyl sites for hydroxylation is 1. The van der Waals surface area contributed by atoms with Crippen molar-refractivity contribution < 1.29 is 0 Å².